The van der Waals surface area contributed by atoms with Crippen LogP contribution in [0.25, 0.3) is 32.9 Å². The fourth-order valence-electron chi connectivity index (χ4n) is 7.44. The van der Waals surface area contributed by atoms with Gasteiger partial charge in [-0.2, -0.15) is 0 Å². The molecular weight excluding hydrogens is 730 g/mol. The van der Waals surface area contributed by atoms with E-state index in [1.54, 1.807) is 12.4 Å². The molecule has 0 amide bonds. The summed E-state index contributed by atoms with van der Waals surface area (Å²) in [5.41, 5.74) is 10.1. The Kier molecular flexibility index (Phi) is 11.5. The predicted octanol–water partition coefficient (Wildman–Crippen LogP) is 14.2. The maximum absolute atomic E-state index is 6.97. The number of aromatic nitrogens is 2. The highest BCUT2D eigenvalue weighted by Gasteiger charge is 2.35. The Morgan fingerprint density at radius 2 is 0.768 bits per heavy atom. The molecule has 294 valence electrons. The van der Waals surface area contributed by atoms with E-state index in [1.165, 1.54) is 11.1 Å². The van der Waals surface area contributed by atoms with Gasteiger partial charge in [-0.3, -0.25) is 9.97 Å². The summed E-state index contributed by atoms with van der Waals surface area (Å²) in [4.78, 5) is 9.26. The minimum atomic E-state index is -0.316. The molecule has 6 nitrogen and oxygen atoms in total. The first kappa shape index (κ1) is 41.4. The zero-order valence-electron chi connectivity index (χ0n) is 35.6. The van der Waals surface area contributed by atoms with Gasteiger partial charge in [0.05, 0.1) is 23.4 Å². The summed E-state index contributed by atoms with van der Waals surface area (Å²) in [5.74, 6) is 2.93. The molecule has 0 aliphatic carbocycles. The van der Waals surface area contributed by atoms with Crippen LogP contribution in [0.1, 0.15) is 116 Å². The molecular formula is C48H58N2O4P2. The fraction of sp³-hybridized carbons (Fsp3) is 0.375. The van der Waals surface area contributed by atoms with Crippen LogP contribution in [-0.4, -0.2) is 9.97 Å². The van der Waals surface area contributed by atoms with E-state index in [0.717, 1.165) is 66.7 Å². The highest BCUT2D eigenvalue weighted by Crippen LogP contribution is 2.54. The van der Waals surface area contributed by atoms with E-state index in [9.17, 15) is 0 Å². The Labute approximate surface area is 338 Å². The second kappa shape index (κ2) is 15.6. The molecule has 56 heavy (non-hydrogen) atoms. The van der Waals surface area contributed by atoms with Gasteiger partial charge in [0.15, 0.2) is 0 Å². The highest BCUT2D eigenvalue weighted by atomic mass is 31.1. The van der Waals surface area contributed by atoms with Crippen molar-refractivity contribution in [1.82, 2.24) is 9.97 Å². The summed E-state index contributed by atoms with van der Waals surface area (Å²) < 4.78 is 26.7. The topological polar surface area (TPSA) is 62.7 Å². The van der Waals surface area contributed by atoms with Crippen molar-refractivity contribution < 1.29 is 18.1 Å². The smallest absolute Gasteiger partial charge is 0.275 e. The van der Waals surface area contributed by atoms with E-state index in [0.29, 0.717) is 11.5 Å². The van der Waals surface area contributed by atoms with Crippen molar-refractivity contribution in [1.29, 1.82) is 0 Å². The van der Waals surface area contributed by atoms with Gasteiger partial charge in [0.2, 0.25) is 0 Å². The van der Waals surface area contributed by atoms with Crippen molar-refractivity contribution >= 4 is 39.9 Å². The van der Waals surface area contributed by atoms with Crippen LogP contribution in [0, 0.1) is 13.8 Å². The maximum atomic E-state index is 6.97. The van der Waals surface area contributed by atoms with E-state index in [2.05, 4.69) is 119 Å². The number of pyridine rings is 2. The van der Waals surface area contributed by atoms with Crippen molar-refractivity contribution in [2.24, 2.45) is 0 Å². The first-order valence-electron chi connectivity index (χ1n) is 19.4. The quantitative estimate of drug-likeness (QED) is 0.136. The lowest BCUT2D eigenvalue weighted by atomic mass is 9.72. The van der Waals surface area contributed by atoms with Crippen molar-refractivity contribution in [3.63, 3.8) is 0 Å². The summed E-state index contributed by atoms with van der Waals surface area (Å²) in [5, 5.41) is 2.04. The number of benzene rings is 4. The predicted molar refractivity (Wildman–Crippen MR) is 239 cm³/mol. The number of para-hydroxylation sites is 2. The Hall–Kier alpha value is -4.24. The largest absolute Gasteiger partial charge is 0.440 e. The van der Waals surface area contributed by atoms with Crippen molar-refractivity contribution in [3.05, 3.63) is 119 Å². The molecule has 0 saturated carbocycles. The molecule has 0 bridgehead atoms. The molecule has 0 saturated heterocycles. The third-order valence-corrected chi connectivity index (χ3v) is 11.5. The Morgan fingerprint density at radius 1 is 0.429 bits per heavy atom. The monoisotopic (exact) mass is 788 g/mol. The van der Waals surface area contributed by atoms with Crippen LogP contribution < -0.4 is 18.1 Å². The minimum Gasteiger partial charge on any atom is -0.440 e. The average molecular weight is 789 g/mol. The molecule has 8 heteroatoms. The summed E-state index contributed by atoms with van der Waals surface area (Å²) in [6, 6.07) is 24.8. The molecule has 6 aromatic rings. The summed E-state index contributed by atoms with van der Waals surface area (Å²) in [6.45, 7) is 31.7. The van der Waals surface area contributed by atoms with E-state index < -0.39 is 0 Å². The van der Waals surface area contributed by atoms with Gasteiger partial charge in [0.25, 0.3) is 18.1 Å². The molecule has 0 aliphatic rings. The van der Waals surface area contributed by atoms with Gasteiger partial charge in [0.1, 0.15) is 23.0 Å². The second-order valence-electron chi connectivity index (χ2n) is 18.9. The molecule has 0 fully saturated rings. The van der Waals surface area contributed by atoms with Gasteiger partial charge in [-0.1, -0.05) is 132 Å². The molecule has 0 radical (unpaired) electrons. The van der Waals surface area contributed by atoms with Crippen LogP contribution in [-0.2, 0) is 21.7 Å². The third-order valence-electron chi connectivity index (χ3n) is 10.3. The second-order valence-corrected chi connectivity index (χ2v) is 20.1. The number of hydrogen-bond donors (Lipinski definition) is 0. The highest BCUT2D eigenvalue weighted by molar-refractivity contribution is 7.27. The lowest BCUT2D eigenvalue weighted by Crippen LogP contribution is -2.22. The molecule has 6 rings (SSSR count). The van der Waals surface area contributed by atoms with Gasteiger partial charge >= 0.3 is 0 Å². The average Bonchev–Trinajstić information content (AvgIpc) is 3.10. The first-order chi connectivity index (χ1) is 26.1. The Balaban J connectivity index is 1.57. The number of hydrogen-bond acceptors (Lipinski definition) is 6. The van der Waals surface area contributed by atoms with E-state index in [4.69, 9.17) is 18.1 Å². The molecule has 0 N–H and O–H groups in total. The van der Waals surface area contributed by atoms with Crippen molar-refractivity contribution in [2.75, 3.05) is 0 Å². The summed E-state index contributed by atoms with van der Waals surface area (Å²) in [6.07, 6.45) is 3.53. The zero-order chi connectivity index (χ0) is 40.8. The molecule has 2 heterocycles. The van der Waals surface area contributed by atoms with Crippen LogP contribution in [0.3, 0.4) is 0 Å². The van der Waals surface area contributed by atoms with E-state index >= 15 is 0 Å². The molecule has 2 atom stereocenters. The molecule has 2 aromatic heterocycles. The number of nitrogens with zero attached hydrogens (tertiary/aromatic N) is 2. The number of fused-ring (bicyclic) bond motifs is 2. The van der Waals surface area contributed by atoms with Crippen LogP contribution >= 0.6 is 18.1 Å². The van der Waals surface area contributed by atoms with Crippen LogP contribution in [0.5, 0.6) is 23.0 Å². The molecule has 4 aromatic carbocycles. The SMILES string of the molecule is Cc1c(C(C)(C)C)cc(C(C)(C)C)c(OPOc2cnc3ccccc3c2)c1-c1c(C)c(C(C)(C)C)cc(C(C)(C)C)c1OPOc1cnc2ccccc2c1. The first-order valence-corrected chi connectivity index (χ1v) is 21.0. The lowest BCUT2D eigenvalue weighted by molar-refractivity contribution is 0.484. The van der Waals surface area contributed by atoms with Crippen molar-refractivity contribution in [3.8, 4) is 34.1 Å². The van der Waals surface area contributed by atoms with Crippen molar-refractivity contribution in [2.45, 2.75) is 119 Å². The fourth-order valence-corrected chi connectivity index (χ4v) is 8.53. The molecule has 0 aliphatic heterocycles. The van der Waals surface area contributed by atoms with Crippen LogP contribution in [0.15, 0.2) is 85.2 Å². The third kappa shape index (κ3) is 8.83. The normalized spacial score (nSPS) is 13.0. The van der Waals surface area contributed by atoms with E-state index in [-0.39, 0.29) is 39.7 Å². The van der Waals surface area contributed by atoms with Gasteiger partial charge < -0.3 is 18.1 Å². The van der Waals surface area contributed by atoms with Crippen LogP contribution in [0.4, 0.5) is 0 Å². The molecule has 0 spiro atoms. The summed E-state index contributed by atoms with van der Waals surface area (Å²) >= 11 is 0. The zero-order valence-corrected chi connectivity index (χ0v) is 37.6. The molecule has 2 unspecified atom stereocenters. The van der Waals surface area contributed by atoms with Gasteiger partial charge in [-0.05, 0) is 82.0 Å². The number of rotatable bonds is 9. The Bertz CT molecular complexity index is 2230. The maximum Gasteiger partial charge on any atom is 0.275 e. The lowest BCUT2D eigenvalue weighted by Gasteiger charge is -2.35. The Morgan fingerprint density at radius 3 is 1.11 bits per heavy atom. The van der Waals surface area contributed by atoms with Gasteiger partial charge in [-0.15, -0.1) is 0 Å². The van der Waals surface area contributed by atoms with E-state index in [1.807, 2.05) is 60.7 Å². The van der Waals surface area contributed by atoms with Crippen LogP contribution in [0.2, 0.25) is 0 Å². The van der Waals surface area contributed by atoms with Gasteiger partial charge in [0, 0.05) is 33.0 Å². The minimum absolute atomic E-state index is 0.149. The summed E-state index contributed by atoms with van der Waals surface area (Å²) in [7, 11) is -0.632. The van der Waals surface area contributed by atoms with Gasteiger partial charge in [-0.25, -0.2) is 0 Å². The standard InChI is InChI=1S/C48H58N2O4P2/c1-29-35(45(3,4)5)25-37(47(9,10)11)43(53-55-51-33-23-31-19-15-17-21-39(31)49-27-33)41(29)42-30(2)36(46(6,7)8)26-38(48(12,13)14)44(42)54-56-52-34-24-32-20-16-18-22-40(32)50-28-34/h15-28,55-56H,1-14H3.